The van der Waals surface area contributed by atoms with Crippen LogP contribution in [0, 0.1) is 0 Å². The summed E-state index contributed by atoms with van der Waals surface area (Å²) < 4.78 is 0. The highest BCUT2D eigenvalue weighted by atomic mass is 32.1. The van der Waals surface area contributed by atoms with E-state index in [1.165, 1.54) is 0 Å². The predicted octanol–water partition coefficient (Wildman–Crippen LogP) is -1.35. The maximum absolute atomic E-state index is 5.65. The van der Waals surface area contributed by atoms with Crippen LogP contribution in [-0.2, 0) is 12.2 Å². The minimum Gasteiger partial charge on any atom is -0.487 e. The third-order valence-electron chi connectivity index (χ3n) is 4.93. The SMILES string of the molecule is CN1CCN([BH-](N2CCN(C)C2=S)N2CCN(C)C2=[S+])C1=S. The van der Waals surface area contributed by atoms with Gasteiger partial charge in [-0.2, -0.15) is 0 Å². The van der Waals surface area contributed by atoms with Crippen LogP contribution in [0.25, 0.3) is 0 Å². The van der Waals surface area contributed by atoms with Gasteiger partial charge in [-0.15, -0.1) is 0 Å². The maximum Gasteiger partial charge on any atom is 0.574 e. The highest BCUT2D eigenvalue weighted by Gasteiger charge is 2.41. The third-order valence-corrected chi connectivity index (χ3v) is 6.64. The quantitative estimate of drug-likeness (QED) is 0.344. The van der Waals surface area contributed by atoms with Crippen LogP contribution in [0.4, 0.5) is 0 Å². The Hall–Kier alpha value is -0.865. The van der Waals surface area contributed by atoms with E-state index in [4.69, 9.17) is 36.7 Å². The molecule has 0 aromatic heterocycles. The fraction of sp³-hybridized carbons (Fsp3) is 0.750. The van der Waals surface area contributed by atoms with Crippen molar-refractivity contribution in [2.24, 2.45) is 0 Å². The van der Waals surface area contributed by atoms with Crippen LogP contribution < -0.4 is 0 Å². The lowest BCUT2D eigenvalue weighted by molar-refractivity contribution is 0.493. The molecule has 3 saturated heterocycles. The van der Waals surface area contributed by atoms with Gasteiger partial charge >= 0.3 is 17.3 Å². The Morgan fingerprint density at radius 2 is 1.14 bits per heavy atom. The summed E-state index contributed by atoms with van der Waals surface area (Å²) >= 11 is 17.0. The molecular formula is C12H22BN6S3. The Bertz CT molecular complexity index is 446. The monoisotopic (exact) mass is 357 g/mol. The second-order valence-corrected chi connectivity index (χ2v) is 7.42. The van der Waals surface area contributed by atoms with Crippen molar-refractivity contribution in [2.75, 3.05) is 60.4 Å². The summed E-state index contributed by atoms with van der Waals surface area (Å²) in [6, 6.07) is 0. The zero-order valence-corrected chi connectivity index (χ0v) is 15.8. The second-order valence-electron chi connectivity index (χ2n) is 6.33. The molecule has 3 rings (SSSR count). The van der Waals surface area contributed by atoms with Crippen LogP contribution in [0.3, 0.4) is 0 Å². The zero-order valence-electron chi connectivity index (χ0n) is 13.4. The van der Waals surface area contributed by atoms with Gasteiger partial charge in [0.1, 0.15) is 10.2 Å². The Balaban J connectivity index is 1.91. The van der Waals surface area contributed by atoms with Gasteiger partial charge in [0.05, 0.1) is 0 Å². The van der Waals surface area contributed by atoms with Crippen molar-refractivity contribution in [3.05, 3.63) is 0 Å². The zero-order chi connectivity index (χ0) is 16.0. The molecule has 0 N–H and O–H groups in total. The molecule has 0 unspecified atom stereocenters. The average Bonchev–Trinajstić information content (AvgIpc) is 3.10. The Labute approximate surface area is 148 Å². The van der Waals surface area contributed by atoms with Crippen LogP contribution in [0.1, 0.15) is 0 Å². The lowest BCUT2D eigenvalue weighted by atomic mass is 9.84. The lowest BCUT2D eigenvalue weighted by Gasteiger charge is -2.49. The van der Waals surface area contributed by atoms with Crippen LogP contribution >= 0.6 is 24.4 Å². The smallest absolute Gasteiger partial charge is 0.487 e. The molecule has 3 aliphatic rings. The van der Waals surface area contributed by atoms with Crippen molar-refractivity contribution in [3.63, 3.8) is 0 Å². The number of likely N-dealkylation sites (N-methyl/N-ethyl adjacent to an activating group) is 3. The van der Waals surface area contributed by atoms with Crippen LogP contribution in [0.5, 0.6) is 0 Å². The van der Waals surface area contributed by atoms with Crippen molar-refractivity contribution < 1.29 is 0 Å². The molecule has 0 saturated carbocycles. The van der Waals surface area contributed by atoms with Crippen molar-refractivity contribution in [2.45, 2.75) is 0 Å². The molecule has 3 fully saturated rings. The first kappa shape index (κ1) is 16.0. The molecule has 0 atom stereocenters. The van der Waals surface area contributed by atoms with E-state index in [1.54, 1.807) is 0 Å². The van der Waals surface area contributed by atoms with Gasteiger partial charge in [0.25, 0.3) is 7.12 Å². The molecule has 3 aliphatic heterocycles. The van der Waals surface area contributed by atoms with Crippen LogP contribution in [-0.4, -0.2) is 112 Å². The van der Waals surface area contributed by atoms with Gasteiger partial charge in [-0.05, 0) is 24.4 Å². The molecule has 3 heterocycles. The number of thiocarbonyl (C=S) groups is 3. The first-order chi connectivity index (χ1) is 10.4. The summed E-state index contributed by atoms with van der Waals surface area (Å²) in [6.45, 7) is 5.74. The number of nitrogens with zero attached hydrogens (tertiary/aromatic N) is 6. The summed E-state index contributed by atoms with van der Waals surface area (Å²) in [5, 5.41) is 2.74. The summed E-state index contributed by atoms with van der Waals surface area (Å²) in [5.41, 5.74) is 0. The van der Waals surface area contributed by atoms with Crippen LogP contribution in [0.2, 0.25) is 0 Å². The van der Waals surface area contributed by atoms with E-state index in [9.17, 15) is 0 Å². The predicted molar refractivity (Wildman–Crippen MR) is 103 cm³/mol. The normalized spacial score (nSPS) is 23.2. The topological polar surface area (TPSA) is 19.4 Å². The summed E-state index contributed by atoms with van der Waals surface area (Å²) in [5.74, 6) is 0. The van der Waals surface area contributed by atoms with Crippen molar-refractivity contribution in [3.8, 4) is 0 Å². The van der Waals surface area contributed by atoms with E-state index < -0.39 is 7.12 Å². The van der Waals surface area contributed by atoms with Gasteiger partial charge in [-0.3, -0.25) is 0 Å². The van der Waals surface area contributed by atoms with Crippen molar-refractivity contribution in [1.82, 2.24) is 29.1 Å². The standard InChI is InChI=1S/C12H22BN6S3/c1-14-4-7-17(10(14)20)13(18-8-5-15(2)11(18)21)19-9-6-16(3)12(19)22/h13H,4-9H2,1-3H3. The van der Waals surface area contributed by atoms with Gasteiger partial charge in [0.2, 0.25) is 0 Å². The number of hydrogen-bond acceptors (Lipinski definition) is 3. The van der Waals surface area contributed by atoms with Gasteiger partial charge in [-0.1, -0.05) is 0 Å². The van der Waals surface area contributed by atoms with E-state index in [0.717, 1.165) is 54.6 Å². The molecule has 6 nitrogen and oxygen atoms in total. The molecule has 0 aromatic carbocycles. The second kappa shape index (κ2) is 5.97. The fourth-order valence-electron chi connectivity index (χ4n) is 3.52. The van der Waals surface area contributed by atoms with E-state index in [-0.39, 0.29) is 0 Å². The lowest BCUT2D eigenvalue weighted by Crippen LogP contribution is -2.65. The van der Waals surface area contributed by atoms with Gasteiger partial charge in [0, 0.05) is 60.4 Å². The average molecular weight is 357 g/mol. The van der Waals surface area contributed by atoms with E-state index >= 15 is 0 Å². The minimum absolute atomic E-state index is 0.912. The van der Waals surface area contributed by atoms with Gasteiger partial charge < -0.3 is 29.1 Å². The molecular weight excluding hydrogens is 335 g/mol. The van der Waals surface area contributed by atoms with Gasteiger partial charge in [-0.25, -0.2) is 0 Å². The van der Waals surface area contributed by atoms with E-state index in [0.29, 0.717) is 0 Å². The molecule has 22 heavy (non-hydrogen) atoms. The molecule has 1 radical (unpaired) electrons. The Morgan fingerprint density at radius 1 is 0.727 bits per heavy atom. The number of hydrogen-bond donors (Lipinski definition) is 0. The molecule has 0 aromatic rings. The Morgan fingerprint density at radius 3 is 1.45 bits per heavy atom. The summed E-state index contributed by atoms with van der Waals surface area (Å²) in [7, 11) is 5.13. The molecule has 10 heteroatoms. The highest BCUT2D eigenvalue weighted by molar-refractivity contribution is 7.80. The first-order valence-electron chi connectivity index (χ1n) is 7.64. The molecule has 0 bridgehead atoms. The highest BCUT2D eigenvalue weighted by Crippen LogP contribution is 2.21. The van der Waals surface area contributed by atoms with Crippen LogP contribution in [0.15, 0.2) is 0 Å². The minimum atomic E-state index is -1.04. The molecule has 0 amide bonds. The molecule has 121 valence electrons. The van der Waals surface area contributed by atoms with Crippen molar-refractivity contribution in [1.29, 1.82) is 0 Å². The maximum atomic E-state index is 5.65. The fourth-order valence-corrected chi connectivity index (χ4v) is 4.41. The number of rotatable bonds is 3. The first-order valence-corrected chi connectivity index (χ1v) is 8.87. The largest absolute Gasteiger partial charge is 0.574 e. The molecule has 0 aliphatic carbocycles. The third kappa shape index (κ3) is 2.50. The van der Waals surface area contributed by atoms with Crippen molar-refractivity contribution >= 4 is 59.1 Å². The van der Waals surface area contributed by atoms with E-state index in [2.05, 4.69) is 50.3 Å². The summed E-state index contributed by atoms with van der Waals surface area (Å²) in [4.78, 5) is 13.4. The van der Waals surface area contributed by atoms with Gasteiger partial charge in [0.15, 0.2) is 0 Å². The summed E-state index contributed by atoms with van der Waals surface area (Å²) in [6.07, 6.45) is 0. The Kier molecular flexibility index (Phi) is 4.35. The van der Waals surface area contributed by atoms with E-state index in [1.807, 2.05) is 0 Å². The molecule has 0 spiro atoms.